The number of para-hydroxylation sites is 1. The third-order valence-electron chi connectivity index (χ3n) is 4.53. The SMILES string of the molecule is Cc1cccc2cc3c(nc12)N(C(=O)Cc1ccc(Cl)cc1)CC3. The molecule has 4 heteroatoms. The van der Waals surface area contributed by atoms with Gasteiger partial charge in [0.25, 0.3) is 0 Å². The van der Waals surface area contributed by atoms with Crippen molar-refractivity contribution in [2.45, 2.75) is 19.8 Å². The first-order valence-corrected chi connectivity index (χ1v) is 8.44. The summed E-state index contributed by atoms with van der Waals surface area (Å²) in [6.45, 7) is 2.75. The lowest BCUT2D eigenvalue weighted by Crippen LogP contribution is -2.31. The monoisotopic (exact) mass is 336 g/mol. The van der Waals surface area contributed by atoms with Crippen molar-refractivity contribution in [2.24, 2.45) is 0 Å². The zero-order valence-corrected chi connectivity index (χ0v) is 14.2. The predicted molar refractivity (Wildman–Crippen MR) is 97.7 cm³/mol. The Labute approximate surface area is 145 Å². The van der Waals surface area contributed by atoms with Crippen molar-refractivity contribution < 1.29 is 4.79 Å². The summed E-state index contributed by atoms with van der Waals surface area (Å²) in [6.07, 6.45) is 1.22. The predicted octanol–water partition coefficient (Wildman–Crippen LogP) is 4.33. The van der Waals surface area contributed by atoms with Crippen molar-refractivity contribution in [3.05, 3.63) is 70.2 Å². The van der Waals surface area contributed by atoms with Crippen LogP contribution < -0.4 is 4.90 Å². The number of hydrogen-bond donors (Lipinski definition) is 0. The summed E-state index contributed by atoms with van der Waals surface area (Å²) in [5, 5.41) is 1.82. The van der Waals surface area contributed by atoms with Crippen LogP contribution in [0.3, 0.4) is 0 Å². The highest BCUT2D eigenvalue weighted by Crippen LogP contribution is 2.31. The topological polar surface area (TPSA) is 33.2 Å². The molecule has 0 fully saturated rings. The molecule has 0 saturated heterocycles. The van der Waals surface area contributed by atoms with Crippen LogP contribution in [0.15, 0.2) is 48.5 Å². The van der Waals surface area contributed by atoms with Crippen LogP contribution in [0.1, 0.15) is 16.7 Å². The van der Waals surface area contributed by atoms with Crippen LogP contribution in [0.25, 0.3) is 10.9 Å². The van der Waals surface area contributed by atoms with Crippen LogP contribution in [-0.4, -0.2) is 17.4 Å². The zero-order chi connectivity index (χ0) is 16.7. The van der Waals surface area contributed by atoms with Gasteiger partial charge in [0.2, 0.25) is 5.91 Å². The van der Waals surface area contributed by atoms with Gasteiger partial charge in [-0.3, -0.25) is 9.69 Å². The minimum atomic E-state index is 0.0801. The molecule has 0 atom stereocenters. The van der Waals surface area contributed by atoms with Crippen molar-refractivity contribution in [3.63, 3.8) is 0 Å². The van der Waals surface area contributed by atoms with Crippen LogP contribution in [0.4, 0.5) is 5.82 Å². The summed E-state index contributed by atoms with van der Waals surface area (Å²) in [5.41, 5.74) is 4.22. The molecule has 0 N–H and O–H groups in total. The maximum atomic E-state index is 12.7. The van der Waals surface area contributed by atoms with Crippen molar-refractivity contribution in [1.29, 1.82) is 0 Å². The van der Waals surface area contributed by atoms with E-state index in [1.165, 1.54) is 0 Å². The highest BCUT2D eigenvalue weighted by atomic mass is 35.5. The molecule has 120 valence electrons. The van der Waals surface area contributed by atoms with Gasteiger partial charge in [0.1, 0.15) is 5.82 Å². The molecule has 0 spiro atoms. The Morgan fingerprint density at radius 2 is 2.00 bits per heavy atom. The van der Waals surface area contributed by atoms with Gasteiger partial charge in [-0.25, -0.2) is 4.98 Å². The third-order valence-corrected chi connectivity index (χ3v) is 4.79. The standard InChI is InChI=1S/C20H17ClN2O/c1-13-3-2-4-15-12-16-9-10-23(20(16)22-19(13)15)18(24)11-14-5-7-17(21)8-6-14/h2-8,12H,9-11H2,1H3. The number of nitrogens with zero attached hydrogens (tertiary/aromatic N) is 2. The highest BCUT2D eigenvalue weighted by Gasteiger charge is 2.26. The van der Waals surface area contributed by atoms with Gasteiger partial charge < -0.3 is 0 Å². The lowest BCUT2D eigenvalue weighted by Gasteiger charge is -2.17. The summed E-state index contributed by atoms with van der Waals surface area (Å²) in [6, 6.07) is 15.8. The number of amides is 1. The van der Waals surface area contributed by atoms with Crippen LogP contribution >= 0.6 is 11.6 Å². The summed E-state index contributed by atoms with van der Waals surface area (Å²) in [4.78, 5) is 19.3. The Kier molecular flexibility index (Phi) is 3.73. The number of fused-ring (bicyclic) bond motifs is 2. The molecule has 0 unspecified atom stereocenters. The van der Waals surface area contributed by atoms with Gasteiger partial charge in [0, 0.05) is 17.0 Å². The quantitative estimate of drug-likeness (QED) is 0.698. The molecule has 1 aliphatic heterocycles. The average Bonchev–Trinajstić information content (AvgIpc) is 2.99. The molecule has 3 aromatic rings. The number of rotatable bonds is 2. The Hall–Kier alpha value is -2.39. The normalized spacial score (nSPS) is 13.3. The number of aromatic nitrogens is 1. The number of anilines is 1. The number of aryl methyl sites for hydroxylation is 1. The van der Waals surface area contributed by atoms with Gasteiger partial charge in [0.05, 0.1) is 11.9 Å². The molecule has 0 saturated carbocycles. The van der Waals surface area contributed by atoms with Crippen molar-refractivity contribution in [2.75, 3.05) is 11.4 Å². The molecule has 4 rings (SSSR count). The lowest BCUT2D eigenvalue weighted by atomic mass is 10.1. The average molecular weight is 337 g/mol. The van der Waals surface area contributed by atoms with E-state index in [-0.39, 0.29) is 5.91 Å². The van der Waals surface area contributed by atoms with E-state index < -0.39 is 0 Å². The second kappa shape index (κ2) is 5.91. The van der Waals surface area contributed by atoms with E-state index in [0.717, 1.165) is 39.8 Å². The number of carbonyl (C=O) groups is 1. The van der Waals surface area contributed by atoms with E-state index in [2.05, 4.69) is 25.1 Å². The van der Waals surface area contributed by atoms with Gasteiger partial charge in [-0.05, 0) is 48.2 Å². The molecule has 1 aromatic heterocycles. The first-order chi connectivity index (χ1) is 11.6. The molecule has 2 aromatic carbocycles. The van der Waals surface area contributed by atoms with Gasteiger partial charge in [0.15, 0.2) is 0 Å². The summed E-state index contributed by atoms with van der Waals surface area (Å²) >= 11 is 5.91. The number of pyridine rings is 1. The Bertz CT molecular complexity index is 934. The molecule has 2 heterocycles. The van der Waals surface area contributed by atoms with E-state index in [0.29, 0.717) is 18.0 Å². The molecule has 3 nitrogen and oxygen atoms in total. The minimum Gasteiger partial charge on any atom is -0.296 e. The molecular weight excluding hydrogens is 320 g/mol. The molecular formula is C20H17ClN2O. The van der Waals surface area contributed by atoms with Gasteiger partial charge >= 0.3 is 0 Å². The molecule has 0 aliphatic carbocycles. The van der Waals surface area contributed by atoms with Crippen LogP contribution in [0.2, 0.25) is 5.02 Å². The van der Waals surface area contributed by atoms with Gasteiger partial charge in [-0.15, -0.1) is 0 Å². The number of benzene rings is 2. The highest BCUT2D eigenvalue weighted by molar-refractivity contribution is 6.30. The Morgan fingerprint density at radius 1 is 1.21 bits per heavy atom. The number of hydrogen-bond acceptors (Lipinski definition) is 2. The van der Waals surface area contributed by atoms with Crippen molar-refractivity contribution in [1.82, 2.24) is 4.98 Å². The fourth-order valence-electron chi connectivity index (χ4n) is 3.25. The molecule has 24 heavy (non-hydrogen) atoms. The van der Waals surface area contributed by atoms with E-state index in [1.807, 2.05) is 35.2 Å². The smallest absolute Gasteiger partial charge is 0.232 e. The fourth-order valence-corrected chi connectivity index (χ4v) is 3.38. The molecule has 0 radical (unpaired) electrons. The van der Waals surface area contributed by atoms with E-state index in [1.54, 1.807) is 0 Å². The number of carbonyl (C=O) groups excluding carboxylic acids is 1. The van der Waals surface area contributed by atoms with Crippen LogP contribution in [0, 0.1) is 6.92 Å². The summed E-state index contributed by atoms with van der Waals surface area (Å²) in [7, 11) is 0. The van der Waals surface area contributed by atoms with Gasteiger partial charge in [-0.1, -0.05) is 41.9 Å². The minimum absolute atomic E-state index is 0.0801. The number of halogens is 1. The van der Waals surface area contributed by atoms with E-state index in [4.69, 9.17) is 16.6 Å². The van der Waals surface area contributed by atoms with Crippen LogP contribution in [-0.2, 0) is 17.6 Å². The second-order valence-electron chi connectivity index (χ2n) is 6.22. The largest absolute Gasteiger partial charge is 0.296 e. The third kappa shape index (κ3) is 2.65. The van der Waals surface area contributed by atoms with Crippen molar-refractivity contribution >= 4 is 34.2 Å². The second-order valence-corrected chi connectivity index (χ2v) is 6.65. The fraction of sp³-hybridized carbons (Fsp3) is 0.200. The Morgan fingerprint density at radius 3 is 2.79 bits per heavy atom. The maximum absolute atomic E-state index is 12.7. The zero-order valence-electron chi connectivity index (χ0n) is 13.4. The lowest BCUT2D eigenvalue weighted by molar-refractivity contribution is -0.117. The van der Waals surface area contributed by atoms with Gasteiger partial charge in [-0.2, -0.15) is 0 Å². The summed E-state index contributed by atoms with van der Waals surface area (Å²) < 4.78 is 0. The van der Waals surface area contributed by atoms with Crippen molar-refractivity contribution in [3.8, 4) is 0 Å². The molecule has 1 amide bonds. The van der Waals surface area contributed by atoms with E-state index in [9.17, 15) is 4.79 Å². The Balaban J connectivity index is 1.66. The first kappa shape index (κ1) is 15.2. The first-order valence-electron chi connectivity index (χ1n) is 8.06. The summed E-state index contributed by atoms with van der Waals surface area (Å²) in [5.74, 6) is 0.896. The maximum Gasteiger partial charge on any atom is 0.232 e. The van der Waals surface area contributed by atoms with E-state index >= 15 is 0 Å². The van der Waals surface area contributed by atoms with Crippen LogP contribution in [0.5, 0.6) is 0 Å². The molecule has 0 bridgehead atoms. The molecule has 1 aliphatic rings.